The van der Waals surface area contributed by atoms with Gasteiger partial charge in [0.15, 0.2) is 5.82 Å². The van der Waals surface area contributed by atoms with Gasteiger partial charge in [-0.05, 0) is 6.42 Å². The second-order valence-corrected chi connectivity index (χ2v) is 4.39. The molecule has 9 heteroatoms. The molecular formula is C10H14F3N3O3. The largest absolute Gasteiger partial charge is 0.411 e. The van der Waals surface area contributed by atoms with Crippen molar-refractivity contribution in [1.82, 2.24) is 10.1 Å². The summed E-state index contributed by atoms with van der Waals surface area (Å²) in [5, 5.41) is 3.66. The van der Waals surface area contributed by atoms with Crippen LogP contribution in [0, 0.1) is 0 Å². The van der Waals surface area contributed by atoms with Gasteiger partial charge in [0.2, 0.25) is 5.89 Å². The Kier molecular flexibility index (Phi) is 4.07. The Hall–Kier alpha value is -1.19. The van der Waals surface area contributed by atoms with Crippen LogP contribution in [0.1, 0.15) is 18.1 Å². The monoisotopic (exact) mass is 281 g/mol. The van der Waals surface area contributed by atoms with Crippen LogP contribution in [-0.4, -0.2) is 42.7 Å². The molecule has 1 atom stereocenters. The van der Waals surface area contributed by atoms with E-state index in [1.165, 1.54) is 0 Å². The summed E-state index contributed by atoms with van der Waals surface area (Å²) in [5.74, 6) is 0.518. The maximum atomic E-state index is 11.8. The zero-order chi connectivity index (χ0) is 13.9. The third-order valence-electron chi connectivity index (χ3n) is 2.68. The quantitative estimate of drug-likeness (QED) is 0.802. The molecule has 2 N–H and O–H groups in total. The van der Waals surface area contributed by atoms with Gasteiger partial charge in [0.25, 0.3) is 0 Å². The molecule has 1 fully saturated rings. The number of ether oxygens (including phenoxy) is 2. The summed E-state index contributed by atoms with van der Waals surface area (Å²) in [6.45, 7) is -0.610. The van der Waals surface area contributed by atoms with Gasteiger partial charge in [-0.2, -0.15) is 18.2 Å². The molecule has 1 aliphatic rings. The van der Waals surface area contributed by atoms with E-state index in [9.17, 15) is 13.2 Å². The van der Waals surface area contributed by atoms with Gasteiger partial charge < -0.3 is 19.7 Å². The Morgan fingerprint density at radius 1 is 1.42 bits per heavy atom. The molecule has 1 unspecified atom stereocenters. The molecule has 1 saturated heterocycles. The van der Waals surface area contributed by atoms with E-state index in [0.717, 1.165) is 0 Å². The number of nitrogens with zero attached hydrogens (tertiary/aromatic N) is 2. The number of alkyl halides is 3. The van der Waals surface area contributed by atoms with Crippen molar-refractivity contribution in [2.45, 2.75) is 24.6 Å². The fraction of sp³-hybridized carbons (Fsp3) is 0.800. The van der Waals surface area contributed by atoms with Crippen molar-refractivity contribution in [2.24, 2.45) is 5.73 Å². The number of halogens is 3. The van der Waals surface area contributed by atoms with Crippen molar-refractivity contribution < 1.29 is 27.2 Å². The predicted octanol–water partition coefficient (Wildman–Crippen LogP) is 0.765. The van der Waals surface area contributed by atoms with E-state index in [0.29, 0.717) is 19.6 Å². The summed E-state index contributed by atoms with van der Waals surface area (Å²) in [7, 11) is 0. The van der Waals surface area contributed by atoms with Crippen LogP contribution in [-0.2, 0) is 21.4 Å². The van der Waals surface area contributed by atoms with Crippen LogP contribution < -0.4 is 5.73 Å². The van der Waals surface area contributed by atoms with Gasteiger partial charge >= 0.3 is 6.18 Å². The van der Waals surface area contributed by atoms with Crippen LogP contribution in [0.25, 0.3) is 0 Å². The first-order valence-corrected chi connectivity index (χ1v) is 5.73. The van der Waals surface area contributed by atoms with Gasteiger partial charge in [-0.25, -0.2) is 0 Å². The predicted molar refractivity (Wildman–Crippen MR) is 56.2 cm³/mol. The van der Waals surface area contributed by atoms with Gasteiger partial charge in [-0.1, -0.05) is 5.16 Å². The Bertz CT molecular complexity index is 416. The highest BCUT2D eigenvalue weighted by molar-refractivity contribution is 5.04. The molecule has 1 aromatic heterocycles. The molecule has 2 heterocycles. The molecule has 108 valence electrons. The average molecular weight is 281 g/mol. The lowest BCUT2D eigenvalue weighted by atomic mass is 10.0. The highest BCUT2D eigenvalue weighted by Gasteiger charge is 2.38. The number of nitrogens with two attached hydrogens (primary N) is 1. The van der Waals surface area contributed by atoms with Crippen molar-refractivity contribution >= 4 is 0 Å². The maximum absolute atomic E-state index is 11.8. The van der Waals surface area contributed by atoms with Gasteiger partial charge in [-0.15, -0.1) is 0 Å². The van der Waals surface area contributed by atoms with Gasteiger partial charge in [-0.3, -0.25) is 0 Å². The first kappa shape index (κ1) is 14.2. The minimum Gasteiger partial charge on any atom is -0.379 e. The highest BCUT2D eigenvalue weighted by Crippen LogP contribution is 2.26. The second-order valence-electron chi connectivity index (χ2n) is 4.39. The molecule has 1 aromatic rings. The number of hydrogen-bond acceptors (Lipinski definition) is 6. The van der Waals surface area contributed by atoms with Crippen LogP contribution in [0.2, 0.25) is 0 Å². The van der Waals surface area contributed by atoms with Crippen LogP contribution in [0.4, 0.5) is 13.2 Å². The summed E-state index contributed by atoms with van der Waals surface area (Å²) in [4.78, 5) is 4.05. The second kappa shape index (κ2) is 5.43. The van der Waals surface area contributed by atoms with E-state index in [4.69, 9.17) is 15.0 Å². The molecule has 19 heavy (non-hydrogen) atoms. The van der Waals surface area contributed by atoms with E-state index in [1.807, 2.05) is 0 Å². The SMILES string of the molecule is NC1(c2nc(CCOCC(F)(F)F)no2)CCOC1. The highest BCUT2D eigenvalue weighted by atomic mass is 19.4. The molecule has 6 nitrogen and oxygen atoms in total. The molecule has 0 saturated carbocycles. The first-order chi connectivity index (χ1) is 8.89. The molecule has 0 bridgehead atoms. The maximum Gasteiger partial charge on any atom is 0.411 e. The molecule has 2 rings (SSSR count). The lowest BCUT2D eigenvalue weighted by Crippen LogP contribution is -2.37. The van der Waals surface area contributed by atoms with Crippen LogP contribution >= 0.6 is 0 Å². The molecule has 0 spiro atoms. The fourth-order valence-electron chi connectivity index (χ4n) is 1.66. The summed E-state index contributed by atoms with van der Waals surface area (Å²) in [6.07, 6.45) is -3.62. The molecule has 0 radical (unpaired) electrons. The van der Waals surface area contributed by atoms with Crippen LogP contribution in [0.15, 0.2) is 4.52 Å². The Morgan fingerprint density at radius 2 is 2.21 bits per heavy atom. The lowest BCUT2D eigenvalue weighted by molar-refractivity contribution is -0.173. The molecular weight excluding hydrogens is 267 g/mol. The molecule has 0 amide bonds. The fourth-order valence-corrected chi connectivity index (χ4v) is 1.66. The van der Waals surface area contributed by atoms with E-state index in [1.54, 1.807) is 0 Å². The summed E-state index contributed by atoms with van der Waals surface area (Å²) < 4.78 is 50.1. The minimum absolute atomic E-state index is 0.132. The average Bonchev–Trinajstić information content (AvgIpc) is 2.93. The topological polar surface area (TPSA) is 83.4 Å². The standard InChI is InChI=1S/C10H14F3N3O3/c11-10(12,13)6-17-3-1-7-15-8(19-16-7)9(14)2-4-18-5-9/h1-6,14H2. The third-order valence-corrected chi connectivity index (χ3v) is 2.68. The van der Waals surface area contributed by atoms with Crippen molar-refractivity contribution in [1.29, 1.82) is 0 Å². The Morgan fingerprint density at radius 3 is 2.84 bits per heavy atom. The van der Waals surface area contributed by atoms with Crippen LogP contribution in [0.3, 0.4) is 0 Å². The van der Waals surface area contributed by atoms with E-state index < -0.39 is 18.3 Å². The normalized spacial score (nSPS) is 24.0. The van der Waals surface area contributed by atoms with E-state index >= 15 is 0 Å². The smallest absolute Gasteiger partial charge is 0.379 e. The van der Waals surface area contributed by atoms with Gasteiger partial charge in [0, 0.05) is 13.0 Å². The van der Waals surface area contributed by atoms with E-state index in [-0.39, 0.29) is 24.7 Å². The van der Waals surface area contributed by atoms with Crippen molar-refractivity contribution in [3.63, 3.8) is 0 Å². The van der Waals surface area contributed by atoms with Crippen molar-refractivity contribution in [3.05, 3.63) is 11.7 Å². The number of aromatic nitrogens is 2. The molecule has 0 aromatic carbocycles. The zero-order valence-corrected chi connectivity index (χ0v) is 10.1. The van der Waals surface area contributed by atoms with Gasteiger partial charge in [0.05, 0.1) is 13.2 Å². The zero-order valence-electron chi connectivity index (χ0n) is 10.1. The summed E-state index contributed by atoms with van der Waals surface area (Å²) in [5.41, 5.74) is 5.21. The Labute approximate surface area is 107 Å². The van der Waals surface area contributed by atoms with E-state index in [2.05, 4.69) is 14.9 Å². The van der Waals surface area contributed by atoms with Crippen molar-refractivity contribution in [2.75, 3.05) is 26.4 Å². The summed E-state index contributed by atoms with van der Waals surface area (Å²) in [6, 6.07) is 0. The van der Waals surface area contributed by atoms with Crippen LogP contribution in [0.5, 0.6) is 0 Å². The summed E-state index contributed by atoms with van der Waals surface area (Å²) >= 11 is 0. The van der Waals surface area contributed by atoms with Gasteiger partial charge in [0.1, 0.15) is 12.1 Å². The van der Waals surface area contributed by atoms with Crippen molar-refractivity contribution in [3.8, 4) is 0 Å². The molecule has 1 aliphatic heterocycles. The first-order valence-electron chi connectivity index (χ1n) is 5.73. The third kappa shape index (κ3) is 3.88. The lowest BCUT2D eigenvalue weighted by Gasteiger charge is -2.14. The number of hydrogen-bond donors (Lipinski definition) is 1. The number of rotatable bonds is 5. The Balaban J connectivity index is 1.81. The minimum atomic E-state index is -4.33. The molecule has 0 aliphatic carbocycles.